The number of benzene rings is 8. The van der Waals surface area contributed by atoms with E-state index in [1.54, 1.807) is 97.0 Å². The summed E-state index contributed by atoms with van der Waals surface area (Å²) in [6.45, 7) is 7.78. The molecule has 0 aliphatic carbocycles. The minimum absolute atomic E-state index is 0.00797. The zero-order valence-electron chi connectivity index (χ0n) is 67.9. The molecule has 648 valence electrons. The Labute approximate surface area is 713 Å². The number of morpholine rings is 4. The standard InChI is InChI=1S/C23H24F2N4O4.C22H23FN4O4.C22H24N4O4.C21H21ClN4O4/c1-23(24,25)16-5-2-4-15(12-16)21(32)27-22-26-18-13-17(28-9-11-33-14-20(28)31)6-7-19(18)29(22)8-3-10-30;23-13-15-3-1-4-16(11-15)21(30)25-22-24-18-12-17(26-8-10-31-14-20(26)29)5-6-19(18)27(22)7-2-9-28;1-15-4-2-5-16(12-15)21(29)24-22-23-18-13-17(25-9-11-30-14-20(25)28)6-7-19(18)26(22)8-3-10-27;22-15-4-1-3-14(11-15)20(29)24-21-23-17-12-16(25-8-10-30-13-19(25)28)5-6-18(17)26(21)7-2-9-27/h2,4-7,12-13,30H,3,8-11,14H2,1H3,(H,26,27,32);1,3-6,11-12,28H,2,7-10,13-14H2,(H,24,25,30);2,4-7,12-13,27H,3,8-11,14H2,1H3,(H,23,24,29);1,3-6,11-12,27H,2,7-10,13H2,(H,23,24,29). The smallest absolute Gasteiger partial charge is 0.270 e. The molecule has 12 aromatic rings. The molecule has 16 rings (SSSR count). The molecule has 0 unspecified atom stereocenters. The molecular weight excluding hydrogens is 1630 g/mol. The van der Waals surface area contributed by atoms with Gasteiger partial charge in [-0.05, 0) is 166 Å². The second kappa shape index (κ2) is 41.4. The first-order valence-electron chi connectivity index (χ1n) is 40.2. The number of rotatable bonds is 26. The predicted octanol–water partition coefficient (Wildman–Crippen LogP) is 10.7. The van der Waals surface area contributed by atoms with Crippen LogP contribution in [0, 0.1) is 6.92 Å². The Bertz CT molecular complexity index is 5740. The van der Waals surface area contributed by atoms with Gasteiger partial charge in [-0.1, -0.05) is 59.6 Å². The number of carbonyl (C=O) groups excluding carboxylic acids is 8. The van der Waals surface area contributed by atoms with E-state index >= 15 is 0 Å². The summed E-state index contributed by atoms with van der Waals surface area (Å²) in [6.07, 6.45) is 1.95. The average Bonchev–Trinajstić information content (AvgIpc) is 1.64. The number of ether oxygens (including phenoxy) is 4. The Kier molecular flexibility index (Phi) is 29.7. The van der Waals surface area contributed by atoms with Gasteiger partial charge in [0.05, 0.1) is 70.6 Å². The van der Waals surface area contributed by atoms with Gasteiger partial charge in [-0.3, -0.25) is 59.6 Å². The zero-order chi connectivity index (χ0) is 87.6. The number of carbonyl (C=O) groups is 8. The third-order valence-corrected chi connectivity index (χ3v) is 20.8. The van der Waals surface area contributed by atoms with Crippen molar-refractivity contribution in [1.82, 2.24) is 38.2 Å². The van der Waals surface area contributed by atoms with Gasteiger partial charge in [0.1, 0.15) is 33.1 Å². The third kappa shape index (κ3) is 21.6. The van der Waals surface area contributed by atoms with Crippen molar-refractivity contribution in [2.45, 2.75) is 78.3 Å². The maximum Gasteiger partial charge on any atom is 0.270 e. The van der Waals surface area contributed by atoms with Gasteiger partial charge in [0.15, 0.2) is 0 Å². The minimum Gasteiger partial charge on any atom is -0.396 e. The van der Waals surface area contributed by atoms with Gasteiger partial charge in [0, 0.05) is 141 Å². The van der Waals surface area contributed by atoms with Crippen LogP contribution in [-0.4, -0.2) is 211 Å². The largest absolute Gasteiger partial charge is 0.396 e. The van der Waals surface area contributed by atoms with E-state index in [-0.39, 0.29) is 105 Å². The van der Waals surface area contributed by atoms with Crippen LogP contribution in [0.2, 0.25) is 5.02 Å². The number of nitrogens with zero attached hydrogens (tertiary/aromatic N) is 12. The molecule has 0 radical (unpaired) electrons. The number of aliphatic hydroxyl groups is 4. The Morgan fingerprint density at radius 3 is 1.00 bits per heavy atom. The van der Waals surface area contributed by atoms with Crippen molar-refractivity contribution in [2.75, 3.05) is 146 Å². The molecule has 0 spiro atoms. The van der Waals surface area contributed by atoms with Crippen LogP contribution in [0.5, 0.6) is 0 Å². The topological polar surface area (TPSA) is 387 Å². The van der Waals surface area contributed by atoms with Gasteiger partial charge in [0.25, 0.3) is 53.2 Å². The molecule has 4 fully saturated rings. The second-order valence-corrected chi connectivity index (χ2v) is 29.7. The summed E-state index contributed by atoms with van der Waals surface area (Å²) in [7, 11) is 0. The molecule has 32 nitrogen and oxygen atoms in total. The number of nitrogens with one attached hydrogen (secondary N) is 4. The van der Waals surface area contributed by atoms with Gasteiger partial charge in [0.2, 0.25) is 23.8 Å². The first-order chi connectivity index (χ1) is 60.0. The molecule has 8 amide bonds. The van der Waals surface area contributed by atoms with Crippen LogP contribution in [0.15, 0.2) is 170 Å². The predicted molar refractivity (Wildman–Crippen MR) is 460 cm³/mol. The summed E-state index contributed by atoms with van der Waals surface area (Å²) < 4.78 is 68.3. The summed E-state index contributed by atoms with van der Waals surface area (Å²) in [5.41, 5.74) is 11.0. The number of alkyl halides is 3. The number of imidazole rings is 4. The minimum atomic E-state index is -3.07. The fourth-order valence-electron chi connectivity index (χ4n) is 14.4. The van der Waals surface area contributed by atoms with E-state index in [4.69, 9.17) is 30.5 Å². The summed E-state index contributed by atoms with van der Waals surface area (Å²) in [4.78, 5) is 125. The molecule has 4 saturated heterocycles. The van der Waals surface area contributed by atoms with Gasteiger partial charge in [-0.2, -0.15) is 0 Å². The number of halogens is 4. The Balaban J connectivity index is 0.000000142. The molecule has 124 heavy (non-hydrogen) atoms. The molecule has 4 aliphatic rings. The van der Waals surface area contributed by atoms with Crippen LogP contribution in [0.4, 0.5) is 59.7 Å². The quantitative estimate of drug-likeness (QED) is 0.0250. The van der Waals surface area contributed by atoms with E-state index in [0.29, 0.717) is 189 Å². The van der Waals surface area contributed by atoms with Crippen molar-refractivity contribution in [3.63, 3.8) is 0 Å². The van der Waals surface area contributed by atoms with E-state index in [9.17, 15) is 72.0 Å². The maximum atomic E-state index is 13.7. The lowest BCUT2D eigenvalue weighted by Gasteiger charge is -2.26. The number of aromatic nitrogens is 8. The van der Waals surface area contributed by atoms with Crippen LogP contribution < -0.4 is 40.9 Å². The second-order valence-electron chi connectivity index (χ2n) is 29.2. The van der Waals surface area contributed by atoms with Crippen molar-refractivity contribution >= 4 is 150 Å². The molecule has 36 heteroatoms. The van der Waals surface area contributed by atoms with Gasteiger partial charge in [-0.15, -0.1) is 0 Å². The molecular formula is C88H92ClF3N16O16. The van der Waals surface area contributed by atoms with Crippen LogP contribution in [-0.2, 0) is 76.9 Å². The van der Waals surface area contributed by atoms with Crippen LogP contribution in [0.3, 0.4) is 0 Å². The molecule has 4 aliphatic heterocycles. The Morgan fingerprint density at radius 1 is 0.403 bits per heavy atom. The van der Waals surface area contributed by atoms with Crippen LogP contribution in [0.1, 0.15) is 90.7 Å². The summed E-state index contributed by atoms with van der Waals surface area (Å²) in [6, 6.07) is 47.6. The van der Waals surface area contributed by atoms with E-state index in [2.05, 4.69) is 41.2 Å². The zero-order valence-corrected chi connectivity index (χ0v) is 68.7. The van der Waals surface area contributed by atoms with Gasteiger partial charge in [-0.25, -0.2) is 33.1 Å². The highest BCUT2D eigenvalue weighted by Gasteiger charge is 2.30. The molecule has 0 atom stereocenters. The molecule has 8 N–H and O–H groups in total. The number of anilines is 8. The van der Waals surface area contributed by atoms with Crippen LogP contribution in [0.25, 0.3) is 44.1 Å². The molecule has 0 saturated carbocycles. The van der Waals surface area contributed by atoms with Crippen molar-refractivity contribution in [1.29, 1.82) is 0 Å². The maximum absolute atomic E-state index is 13.7. The first-order valence-corrected chi connectivity index (χ1v) is 40.6. The van der Waals surface area contributed by atoms with Gasteiger partial charge < -0.3 is 77.2 Å². The van der Waals surface area contributed by atoms with E-state index in [1.165, 1.54) is 24.3 Å². The van der Waals surface area contributed by atoms with Crippen molar-refractivity contribution in [3.8, 4) is 0 Å². The van der Waals surface area contributed by atoms with Crippen LogP contribution >= 0.6 is 11.6 Å². The Morgan fingerprint density at radius 2 is 0.702 bits per heavy atom. The summed E-state index contributed by atoms with van der Waals surface area (Å²) in [5.74, 6) is -3.76. The Hall–Kier alpha value is -12.8. The summed E-state index contributed by atoms with van der Waals surface area (Å²) >= 11 is 5.99. The molecule has 4 aromatic heterocycles. The van der Waals surface area contributed by atoms with E-state index in [1.807, 2.05) is 87.4 Å². The highest BCUT2D eigenvalue weighted by atomic mass is 35.5. The van der Waals surface area contributed by atoms with Crippen molar-refractivity contribution in [3.05, 3.63) is 214 Å². The lowest BCUT2D eigenvalue weighted by molar-refractivity contribution is -0.126. The highest BCUT2D eigenvalue weighted by Crippen LogP contribution is 2.34. The first kappa shape index (κ1) is 88.9. The monoisotopic (exact) mass is 1720 g/mol. The van der Waals surface area contributed by atoms with Crippen molar-refractivity contribution in [2.24, 2.45) is 0 Å². The number of hydrogen-bond acceptors (Lipinski definition) is 20. The van der Waals surface area contributed by atoms with E-state index in [0.717, 1.165) is 46.5 Å². The summed E-state index contributed by atoms with van der Waals surface area (Å²) in [5, 5.41) is 48.8. The average molecular weight is 1720 g/mol. The number of fused-ring (bicyclic) bond motifs is 4. The number of amides is 8. The highest BCUT2D eigenvalue weighted by molar-refractivity contribution is 6.31. The fraction of sp³-hybridized carbons (Fsp3) is 0.318. The SMILES string of the molecule is CC(F)(F)c1cccc(C(=O)Nc2nc3cc(N4CCOCC4=O)ccc3n2CCCO)c1.Cc1cccc(C(=O)Nc2nc3cc(N4CCOCC4=O)ccc3n2CCCO)c1.O=C(Nc1nc2cc(N3CCOCC3=O)ccc2n1CCCO)c1cccc(CF)c1.O=C(Nc1nc2cc(N3CCOCC3=O)ccc2n1CCCO)c1cccc(Cl)c1. The molecule has 0 bridgehead atoms. The van der Waals surface area contributed by atoms with Gasteiger partial charge >= 0.3 is 0 Å². The lowest BCUT2D eigenvalue weighted by atomic mass is 10.1. The lowest BCUT2D eigenvalue weighted by Crippen LogP contribution is -2.41. The number of hydrogen-bond donors (Lipinski definition) is 8. The fourth-order valence-corrected chi connectivity index (χ4v) is 14.5. The number of aliphatic hydroxyl groups excluding tert-OH is 4. The molecule has 8 heterocycles. The van der Waals surface area contributed by atoms with Crippen molar-refractivity contribution < 1.29 is 90.9 Å². The normalized spacial score (nSPS) is 14.4. The number of aryl methyl sites for hydroxylation is 5. The van der Waals surface area contributed by atoms with E-state index < -0.39 is 24.4 Å². The molecule has 8 aromatic carbocycles. The third-order valence-electron chi connectivity index (χ3n) is 20.5.